The molecule has 108 valence electrons. The molecular weight excluding hydrogens is 266 g/mol. The van der Waals surface area contributed by atoms with Gasteiger partial charge in [0.15, 0.2) is 0 Å². The molecule has 20 heavy (non-hydrogen) atoms. The predicted molar refractivity (Wildman–Crippen MR) is 68.3 cm³/mol. The zero-order valence-corrected chi connectivity index (χ0v) is 11.1. The second kappa shape index (κ2) is 5.32. The Balaban J connectivity index is 2.21. The van der Waals surface area contributed by atoms with E-state index >= 15 is 0 Å². The van der Waals surface area contributed by atoms with E-state index in [2.05, 4.69) is 9.72 Å². The Bertz CT molecular complexity index is 619. The number of ether oxygens (including phenoxy) is 1. The molecule has 0 bridgehead atoms. The van der Waals surface area contributed by atoms with Gasteiger partial charge in [0.25, 0.3) is 11.5 Å². The van der Waals surface area contributed by atoms with Gasteiger partial charge in [0.1, 0.15) is 5.69 Å². The van der Waals surface area contributed by atoms with Gasteiger partial charge in [0.2, 0.25) is 0 Å². The van der Waals surface area contributed by atoms with Crippen LogP contribution in [0.2, 0.25) is 0 Å². The number of hydrogen-bond donors (Lipinski definition) is 2. The first-order valence-electron chi connectivity index (χ1n) is 6.13. The molecule has 1 aliphatic heterocycles. The minimum Gasteiger partial charge on any atom is -0.469 e. The maximum Gasteiger partial charge on any atom is 0.326 e. The van der Waals surface area contributed by atoms with Crippen molar-refractivity contribution in [3.05, 3.63) is 32.6 Å². The van der Waals surface area contributed by atoms with Gasteiger partial charge in [-0.1, -0.05) is 6.92 Å². The molecule has 0 spiro atoms. The van der Waals surface area contributed by atoms with E-state index in [9.17, 15) is 19.2 Å². The maximum atomic E-state index is 12.2. The minimum atomic E-state index is -0.738. The summed E-state index contributed by atoms with van der Waals surface area (Å²) >= 11 is 0. The van der Waals surface area contributed by atoms with Crippen molar-refractivity contribution < 1.29 is 14.3 Å². The molecule has 1 aromatic heterocycles. The molecule has 2 atom stereocenters. The molecule has 1 aromatic rings. The number of rotatable bonds is 2. The number of methoxy groups -OCH3 is 1. The summed E-state index contributed by atoms with van der Waals surface area (Å²) in [5, 5.41) is 0. The smallest absolute Gasteiger partial charge is 0.326 e. The molecule has 2 unspecified atom stereocenters. The summed E-state index contributed by atoms with van der Waals surface area (Å²) in [5.74, 6) is -1.28. The van der Waals surface area contributed by atoms with Crippen LogP contribution < -0.4 is 11.2 Å². The number of carbonyl (C=O) groups excluding carboxylic acids is 2. The SMILES string of the molecule is COC(=O)C1CN(C(=O)c2cc(=O)[nH]c(=O)[nH]2)CC1C. The van der Waals surface area contributed by atoms with Gasteiger partial charge >= 0.3 is 11.7 Å². The molecule has 0 aliphatic carbocycles. The molecule has 1 amide bonds. The standard InChI is InChI=1S/C12H15N3O5/c1-6-4-15(5-7(6)11(18)20-2)10(17)8-3-9(16)14-12(19)13-8/h3,6-7H,4-5H2,1-2H3,(H2,13,14,16,19). The van der Waals surface area contributed by atoms with Crippen molar-refractivity contribution in [3.8, 4) is 0 Å². The van der Waals surface area contributed by atoms with Crippen molar-refractivity contribution in [2.75, 3.05) is 20.2 Å². The van der Waals surface area contributed by atoms with Crippen molar-refractivity contribution >= 4 is 11.9 Å². The fraction of sp³-hybridized carbons (Fsp3) is 0.500. The van der Waals surface area contributed by atoms with E-state index in [0.717, 1.165) is 6.07 Å². The lowest BCUT2D eigenvalue weighted by atomic mass is 9.99. The van der Waals surface area contributed by atoms with Crippen LogP contribution in [-0.4, -0.2) is 46.9 Å². The summed E-state index contributed by atoms with van der Waals surface area (Å²) in [4.78, 5) is 51.8. The minimum absolute atomic E-state index is 0.0416. The van der Waals surface area contributed by atoms with Crippen molar-refractivity contribution in [2.45, 2.75) is 6.92 Å². The fourth-order valence-electron chi connectivity index (χ4n) is 2.35. The third kappa shape index (κ3) is 2.63. The summed E-state index contributed by atoms with van der Waals surface area (Å²) in [6.45, 7) is 2.42. The predicted octanol–water partition coefficient (Wildman–Crippen LogP) is -1.06. The van der Waals surface area contributed by atoms with Crippen LogP contribution in [0.4, 0.5) is 0 Å². The Morgan fingerprint density at radius 1 is 1.30 bits per heavy atom. The van der Waals surface area contributed by atoms with Gasteiger partial charge in [-0.15, -0.1) is 0 Å². The van der Waals surface area contributed by atoms with E-state index in [1.54, 1.807) is 0 Å². The molecule has 8 nitrogen and oxygen atoms in total. The molecule has 2 N–H and O–H groups in total. The lowest BCUT2D eigenvalue weighted by molar-refractivity contribution is -0.146. The molecule has 1 fully saturated rings. The van der Waals surface area contributed by atoms with Crippen molar-refractivity contribution in [1.29, 1.82) is 0 Å². The number of likely N-dealkylation sites (tertiary alicyclic amines) is 1. The van der Waals surface area contributed by atoms with Crippen LogP contribution in [0.3, 0.4) is 0 Å². The van der Waals surface area contributed by atoms with Gasteiger partial charge in [-0.05, 0) is 5.92 Å². The molecule has 8 heteroatoms. The summed E-state index contributed by atoms with van der Waals surface area (Å²) in [6, 6.07) is 1.03. The van der Waals surface area contributed by atoms with Crippen LogP contribution in [0.5, 0.6) is 0 Å². The molecular formula is C12H15N3O5. The Morgan fingerprint density at radius 3 is 2.60 bits per heavy atom. The van der Waals surface area contributed by atoms with E-state index in [4.69, 9.17) is 0 Å². The van der Waals surface area contributed by atoms with Gasteiger partial charge in [-0.3, -0.25) is 19.4 Å². The fourth-order valence-corrected chi connectivity index (χ4v) is 2.35. The highest BCUT2D eigenvalue weighted by molar-refractivity contribution is 5.92. The topological polar surface area (TPSA) is 112 Å². The summed E-state index contributed by atoms with van der Waals surface area (Å²) in [7, 11) is 1.30. The number of nitrogens with one attached hydrogen (secondary N) is 2. The highest BCUT2D eigenvalue weighted by Crippen LogP contribution is 2.24. The number of nitrogens with zero attached hydrogens (tertiary/aromatic N) is 1. The molecule has 2 rings (SSSR count). The van der Waals surface area contributed by atoms with Crippen LogP contribution >= 0.6 is 0 Å². The highest BCUT2D eigenvalue weighted by atomic mass is 16.5. The molecule has 0 saturated carbocycles. The van der Waals surface area contributed by atoms with E-state index in [1.807, 2.05) is 11.9 Å². The quantitative estimate of drug-likeness (QED) is 0.671. The number of carbonyl (C=O) groups is 2. The Labute approximate surface area is 113 Å². The lowest BCUT2D eigenvalue weighted by Gasteiger charge is -2.15. The van der Waals surface area contributed by atoms with Crippen molar-refractivity contribution in [3.63, 3.8) is 0 Å². The average Bonchev–Trinajstić information content (AvgIpc) is 2.78. The van der Waals surface area contributed by atoms with Crippen LogP contribution in [0.15, 0.2) is 15.7 Å². The van der Waals surface area contributed by atoms with E-state index in [-0.39, 0.29) is 24.1 Å². The summed E-state index contributed by atoms with van der Waals surface area (Å²) in [5.41, 5.74) is -1.47. The first-order valence-corrected chi connectivity index (χ1v) is 6.13. The van der Waals surface area contributed by atoms with E-state index in [1.165, 1.54) is 12.0 Å². The van der Waals surface area contributed by atoms with Crippen molar-refractivity contribution in [1.82, 2.24) is 14.9 Å². The molecule has 1 aliphatic rings. The molecule has 2 heterocycles. The zero-order valence-electron chi connectivity index (χ0n) is 11.1. The van der Waals surface area contributed by atoms with Crippen LogP contribution in [0, 0.1) is 11.8 Å². The normalized spacial score (nSPS) is 21.8. The zero-order chi connectivity index (χ0) is 14.9. The molecule has 1 saturated heterocycles. The maximum absolute atomic E-state index is 12.2. The van der Waals surface area contributed by atoms with Crippen LogP contribution in [0.25, 0.3) is 0 Å². The number of aromatic amines is 2. The first-order chi connectivity index (χ1) is 9.42. The number of hydrogen-bond acceptors (Lipinski definition) is 5. The summed E-state index contributed by atoms with van der Waals surface area (Å²) in [6.07, 6.45) is 0. The number of H-pyrrole nitrogens is 2. The Kier molecular flexibility index (Phi) is 3.73. The largest absolute Gasteiger partial charge is 0.469 e. The highest BCUT2D eigenvalue weighted by Gasteiger charge is 2.38. The first kappa shape index (κ1) is 14.0. The number of aromatic nitrogens is 2. The monoisotopic (exact) mass is 281 g/mol. The number of amides is 1. The summed E-state index contributed by atoms with van der Waals surface area (Å²) < 4.78 is 4.69. The van der Waals surface area contributed by atoms with Gasteiger partial charge < -0.3 is 14.6 Å². The second-order valence-corrected chi connectivity index (χ2v) is 4.82. The average molecular weight is 281 g/mol. The second-order valence-electron chi connectivity index (χ2n) is 4.82. The molecule has 0 aromatic carbocycles. The van der Waals surface area contributed by atoms with Gasteiger partial charge in [0.05, 0.1) is 13.0 Å². The van der Waals surface area contributed by atoms with Gasteiger partial charge in [0, 0.05) is 19.2 Å². The lowest BCUT2D eigenvalue weighted by Crippen LogP contribution is -2.34. The van der Waals surface area contributed by atoms with E-state index < -0.39 is 23.1 Å². The van der Waals surface area contributed by atoms with Gasteiger partial charge in [-0.25, -0.2) is 4.79 Å². The van der Waals surface area contributed by atoms with Crippen LogP contribution in [0.1, 0.15) is 17.4 Å². The van der Waals surface area contributed by atoms with Crippen LogP contribution in [-0.2, 0) is 9.53 Å². The molecule has 0 radical (unpaired) electrons. The number of esters is 1. The van der Waals surface area contributed by atoms with Gasteiger partial charge in [-0.2, -0.15) is 0 Å². The Hall–Kier alpha value is -2.38. The third-order valence-corrected chi connectivity index (χ3v) is 3.39. The van der Waals surface area contributed by atoms with Crippen molar-refractivity contribution in [2.24, 2.45) is 11.8 Å². The van der Waals surface area contributed by atoms with E-state index in [0.29, 0.717) is 6.54 Å². The Morgan fingerprint density at radius 2 is 2.00 bits per heavy atom. The third-order valence-electron chi connectivity index (χ3n) is 3.39.